The monoisotopic (exact) mass is 316 g/mol. The van der Waals surface area contributed by atoms with Gasteiger partial charge in [-0.2, -0.15) is 0 Å². The van der Waals surface area contributed by atoms with Crippen LogP contribution >= 0.6 is 0 Å². The number of amides is 2. The zero-order valence-electron chi connectivity index (χ0n) is 13.6. The molecule has 2 aliphatic rings. The molecule has 2 heterocycles. The predicted octanol–water partition coefficient (Wildman–Crippen LogP) is 1.25. The van der Waals surface area contributed by atoms with Crippen LogP contribution in [-0.2, 0) is 22.6 Å². The van der Waals surface area contributed by atoms with Crippen molar-refractivity contribution in [3.8, 4) is 0 Å². The second-order valence-electron chi connectivity index (χ2n) is 6.55. The van der Waals surface area contributed by atoms with Gasteiger partial charge < -0.3 is 14.9 Å². The van der Waals surface area contributed by atoms with Crippen molar-refractivity contribution in [1.82, 2.24) is 9.80 Å². The first kappa shape index (κ1) is 16.0. The Hall–Kier alpha value is -1.88. The number of hydrogen-bond acceptors (Lipinski definition) is 3. The first-order valence-corrected chi connectivity index (χ1v) is 8.38. The van der Waals surface area contributed by atoms with Gasteiger partial charge in [0.25, 0.3) is 5.91 Å². The van der Waals surface area contributed by atoms with E-state index < -0.39 is 6.10 Å². The molecule has 5 nitrogen and oxygen atoms in total. The fourth-order valence-electron chi connectivity index (χ4n) is 3.47. The summed E-state index contributed by atoms with van der Waals surface area (Å²) in [5.41, 5.74) is 3.76. The van der Waals surface area contributed by atoms with Crippen LogP contribution in [0.5, 0.6) is 0 Å². The molecule has 124 valence electrons. The zero-order chi connectivity index (χ0) is 16.4. The minimum atomic E-state index is -0.949. The number of hydrogen-bond donors (Lipinski definition) is 1. The van der Waals surface area contributed by atoms with Gasteiger partial charge in [0.2, 0.25) is 5.91 Å². The highest BCUT2D eigenvalue weighted by Crippen LogP contribution is 2.22. The van der Waals surface area contributed by atoms with Gasteiger partial charge in [0.1, 0.15) is 6.10 Å². The maximum atomic E-state index is 12.6. The summed E-state index contributed by atoms with van der Waals surface area (Å²) in [6.07, 6.45) is 2.08. The number of benzene rings is 1. The van der Waals surface area contributed by atoms with E-state index >= 15 is 0 Å². The fraction of sp³-hybridized carbons (Fsp3) is 0.556. The normalized spacial score (nSPS) is 21.8. The highest BCUT2D eigenvalue weighted by molar-refractivity contribution is 5.87. The van der Waals surface area contributed by atoms with E-state index in [4.69, 9.17) is 0 Å². The molecule has 0 aliphatic carbocycles. The Morgan fingerprint density at radius 2 is 2.13 bits per heavy atom. The number of rotatable bonds is 2. The third kappa shape index (κ3) is 3.39. The van der Waals surface area contributed by atoms with Crippen LogP contribution in [0.15, 0.2) is 18.2 Å². The van der Waals surface area contributed by atoms with Gasteiger partial charge in [-0.25, -0.2) is 0 Å². The van der Waals surface area contributed by atoms with E-state index in [0.717, 1.165) is 19.3 Å². The number of fused-ring (bicyclic) bond motifs is 1. The Labute approximate surface area is 136 Å². The van der Waals surface area contributed by atoms with Crippen molar-refractivity contribution < 1.29 is 14.7 Å². The minimum Gasteiger partial charge on any atom is -0.383 e. The molecule has 0 spiro atoms. The van der Waals surface area contributed by atoms with Crippen molar-refractivity contribution >= 4 is 11.8 Å². The maximum Gasteiger partial charge on any atom is 0.251 e. The van der Waals surface area contributed by atoms with Crippen LogP contribution in [0.3, 0.4) is 0 Å². The lowest BCUT2D eigenvalue weighted by atomic mass is 9.95. The average Bonchev–Trinajstić information content (AvgIpc) is 2.70. The van der Waals surface area contributed by atoms with E-state index in [1.807, 2.05) is 4.90 Å². The van der Waals surface area contributed by atoms with Crippen molar-refractivity contribution in [2.45, 2.75) is 45.3 Å². The van der Waals surface area contributed by atoms with E-state index in [1.165, 1.54) is 21.6 Å². The predicted molar refractivity (Wildman–Crippen MR) is 86.7 cm³/mol. The number of aryl methyl sites for hydroxylation is 1. The summed E-state index contributed by atoms with van der Waals surface area (Å²) < 4.78 is 0. The molecule has 1 saturated heterocycles. The number of likely N-dealkylation sites (tertiary alicyclic amines) is 1. The summed E-state index contributed by atoms with van der Waals surface area (Å²) in [6.45, 7) is 4.02. The smallest absolute Gasteiger partial charge is 0.251 e. The molecule has 0 saturated carbocycles. The summed E-state index contributed by atoms with van der Waals surface area (Å²) in [4.78, 5) is 28.1. The maximum absolute atomic E-state index is 12.6. The van der Waals surface area contributed by atoms with Crippen LogP contribution in [0.4, 0.5) is 0 Å². The van der Waals surface area contributed by atoms with E-state index in [-0.39, 0.29) is 18.4 Å². The molecule has 2 aliphatic heterocycles. The van der Waals surface area contributed by atoms with E-state index in [0.29, 0.717) is 26.1 Å². The van der Waals surface area contributed by atoms with Gasteiger partial charge in [0.05, 0.1) is 6.54 Å². The highest BCUT2D eigenvalue weighted by Gasteiger charge is 2.29. The molecule has 1 aromatic rings. The topological polar surface area (TPSA) is 60.9 Å². The molecule has 1 fully saturated rings. The molecule has 1 unspecified atom stereocenters. The number of aliphatic hydroxyl groups is 1. The van der Waals surface area contributed by atoms with Crippen LogP contribution in [0.25, 0.3) is 0 Å². The molecule has 1 atom stereocenters. The van der Waals surface area contributed by atoms with Crippen molar-refractivity contribution in [2.75, 3.05) is 19.6 Å². The third-order valence-corrected chi connectivity index (χ3v) is 4.94. The Morgan fingerprint density at radius 1 is 1.30 bits per heavy atom. The molecule has 5 heteroatoms. The molecule has 1 N–H and O–H groups in total. The summed E-state index contributed by atoms with van der Waals surface area (Å²) >= 11 is 0. The van der Waals surface area contributed by atoms with Crippen LogP contribution in [0.2, 0.25) is 0 Å². The molecule has 0 radical (unpaired) electrons. The van der Waals surface area contributed by atoms with Crippen LogP contribution < -0.4 is 0 Å². The van der Waals surface area contributed by atoms with Gasteiger partial charge in [0.15, 0.2) is 0 Å². The highest BCUT2D eigenvalue weighted by atomic mass is 16.3. The lowest BCUT2D eigenvalue weighted by Gasteiger charge is -2.32. The fourth-order valence-corrected chi connectivity index (χ4v) is 3.47. The summed E-state index contributed by atoms with van der Waals surface area (Å²) in [5, 5.41) is 9.80. The third-order valence-electron chi connectivity index (χ3n) is 4.94. The molecule has 0 bridgehead atoms. The van der Waals surface area contributed by atoms with Gasteiger partial charge in [0, 0.05) is 19.6 Å². The second kappa shape index (κ2) is 6.71. The van der Waals surface area contributed by atoms with E-state index in [1.54, 1.807) is 0 Å². The standard InChI is InChI=1S/C18H24N2O3/c1-13-5-4-6-14-8-10-19(11-15(13)14)17(22)12-20-9-3-2-7-16(21)18(20)23/h4-6,16,21H,2-3,7-12H2,1H3. The van der Waals surface area contributed by atoms with Gasteiger partial charge in [-0.15, -0.1) is 0 Å². The van der Waals surface area contributed by atoms with Crippen LogP contribution in [0, 0.1) is 6.92 Å². The summed E-state index contributed by atoms with van der Waals surface area (Å²) in [7, 11) is 0. The minimum absolute atomic E-state index is 0.0265. The molecule has 23 heavy (non-hydrogen) atoms. The van der Waals surface area contributed by atoms with Gasteiger partial charge in [-0.3, -0.25) is 9.59 Å². The van der Waals surface area contributed by atoms with Crippen LogP contribution in [-0.4, -0.2) is 52.5 Å². The van der Waals surface area contributed by atoms with E-state index in [9.17, 15) is 14.7 Å². The molecule has 1 aromatic carbocycles. The Kier molecular flexibility index (Phi) is 4.66. The number of aliphatic hydroxyl groups excluding tert-OH is 1. The Balaban J connectivity index is 1.67. The molecular formula is C18H24N2O3. The first-order chi connectivity index (χ1) is 11.1. The zero-order valence-corrected chi connectivity index (χ0v) is 13.6. The Morgan fingerprint density at radius 3 is 2.96 bits per heavy atom. The molecule has 3 rings (SSSR count). The van der Waals surface area contributed by atoms with Crippen LogP contribution in [0.1, 0.15) is 36.0 Å². The largest absolute Gasteiger partial charge is 0.383 e. The Bertz CT molecular complexity index is 614. The quantitative estimate of drug-likeness (QED) is 0.893. The molecule has 2 amide bonds. The van der Waals surface area contributed by atoms with Gasteiger partial charge >= 0.3 is 0 Å². The number of nitrogens with zero attached hydrogens (tertiary/aromatic N) is 2. The lowest BCUT2D eigenvalue weighted by Crippen LogP contribution is -2.46. The number of carbonyl (C=O) groups is 2. The van der Waals surface area contributed by atoms with Gasteiger partial charge in [-0.1, -0.05) is 18.2 Å². The van der Waals surface area contributed by atoms with Gasteiger partial charge in [-0.05, 0) is 49.3 Å². The lowest BCUT2D eigenvalue weighted by molar-refractivity contribution is -0.145. The van der Waals surface area contributed by atoms with Crippen molar-refractivity contribution in [3.63, 3.8) is 0 Å². The summed E-state index contributed by atoms with van der Waals surface area (Å²) in [5.74, 6) is -0.328. The summed E-state index contributed by atoms with van der Waals surface area (Å²) in [6, 6.07) is 6.25. The second-order valence-corrected chi connectivity index (χ2v) is 6.55. The molecule has 0 aromatic heterocycles. The van der Waals surface area contributed by atoms with Crippen molar-refractivity contribution in [1.29, 1.82) is 0 Å². The average molecular weight is 316 g/mol. The van der Waals surface area contributed by atoms with Crippen molar-refractivity contribution in [3.05, 3.63) is 34.9 Å². The SMILES string of the molecule is Cc1cccc2c1CN(C(=O)CN1CCCCC(O)C1=O)CC2. The number of carbonyl (C=O) groups excluding carboxylic acids is 2. The molecular weight excluding hydrogens is 292 g/mol. The van der Waals surface area contributed by atoms with E-state index in [2.05, 4.69) is 25.1 Å². The first-order valence-electron chi connectivity index (χ1n) is 8.38. The van der Waals surface area contributed by atoms with Crippen molar-refractivity contribution in [2.24, 2.45) is 0 Å².